The number of carbonyl (C=O) groups excluding carboxylic acids is 1. The molecular formula is C16H18ClF3N2O. The highest BCUT2D eigenvalue weighted by Crippen LogP contribution is 2.43. The molecule has 1 N–H and O–H groups in total. The molecular weight excluding hydrogens is 329 g/mol. The van der Waals surface area contributed by atoms with Crippen molar-refractivity contribution in [3.05, 3.63) is 34.9 Å². The Hall–Kier alpha value is -1.27. The Morgan fingerprint density at radius 2 is 1.96 bits per heavy atom. The summed E-state index contributed by atoms with van der Waals surface area (Å²) in [6.45, 7) is 1.89. The lowest BCUT2D eigenvalue weighted by Gasteiger charge is -2.39. The van der Waals surface area contributed by atoms with Gasteiger partial charge in [-0.25, -0.2) is 0 Å². The molecule has 1 aromatic rings. The van der Waals surface area contributed by atoms with Gasteiger partial charge in [-0.3, -0.25) is 4.79 Å². The maximum Gasteiger partial charge on any atom is 0.417 e. The first-order valence-electron chi connectivity index (χ1n) is 7.68. The van der Waals surface area contributed by atoms with Crippen molar-refractivity contribution in [3.8, 4) is 0 Å². The van der Waals surface area contributed by atoms with E-state index in [0.29, 0.717) is 31.1 Å². The smallest absolute Gasteiger partial charge is 0.333 e. The van der Waals surface area contributed by atoms with Gasteiger partial charge >= 0.3 is 6.18 Å². The van der Waals surface area contributed by atoms with Crippen molar-refractivity contribution < 1.29 is 18.0 Å². The number of amides is 1. The van der Waals surface area contributed by atoms with E-state index >= 15 is 0 Å². The number of hydrogen-bond acceptors (Lipinski definition) is 2. The van der Waals surface area contributed by atoms with Crippen LogP contribution in [0.2, 0.25) is 0 Å². The summed E-state index contributed by atoms with van der Waals surface area (Å²) in [4.78, 5) is 14.5. The first kappa shape index (κ1) is 16.6. The maximum absolute atomic E-state index is 13.3. The number of nitrogens with one attached hydrogen (secondary N) is 1. The molecule has 2 atom stereocenters. The molecule has 0 spiro atoms. The molecule has 4 rings (SSSR count). The highest BCUT2D eigenvalue weighted by molar-refractivity contribution is 5.99. The van der Waals surface area contributed by atoms with Crippen molar-refractivity contribution in [2.75, 3.05) is 19.6 Å². The van der Waals surface area contributed by atoms with Gasteiger partial charge in [0.2, 0.25) is 0 Å². The minimum Gasteiger partial charge on any atom is -0.333 e. The van der Waals surface area contributed by atoms with E-state index in [1.165, 1.54) is 6.07 Å². The summed E-state index contributed by atoms with van der Waals surface area (Å²) in [7, 11) is 0. The summed E-state index contributed by atoms with van der Waals surface area (Å²) in [5, 5.41) is 3.23. The normalized spacial score (nSPS) is 26.6. The minimum absolute atomic E-state index is 0. The summed E-state index contributed by atoms with van der Waals surface area (Å²) in [6.07, 6.45) is -2.35. The molecule has 0 bridgehead atoms. The quantitative estimate of drug-likeness (QED) is 0.892. The Balaban J connectivity index is 0.00000156. The number of fused-ring (bicyclic) bond motifs is 3. The topological polar surface area (TPSA) is 32.3 Å². The number of benzene rings is 1. The average Bonchev–Trinajstić information content (AvgIpc) is 3.15. The molecule has 1 saturated heterocycles. The van der Waals surface area contributed by atoms with Gasteiger partial charge in [0.1, 0.15) is 0 Å². The van der Waals surface area contributed by atoms with Gasteiger partial charge in [0, 0.05) is 25.6 Å². The van der Waals surface area contributed by atoms with E-state index in [2.05, 4.69) is 5.32 Å². The van der Waals surface area contributed by atoms with Gasteiger partial charge in [0.15, 0.2) is 0 Å². The number of rotatable bonds is 2. The molecule has 3 nitrogen and oxygen atoms in total. The predicted octanol–water partition coefficient (Wildman–Crippen LogP) is 3.05. The molecule has 7 heteroatoms. The monoisotopic (exact) mass is 346 g/mol. The second kappa shape index (κ2) is 5.67. The highest BCUT2D eigenvalue weighted by atomic mass is 35.5. The molecule has 0 unspecified atom stereocenters. The van der Waals surface area contributed by atoms with E-state index in [1.54, 1.807) is 11.0 Å². The lowest BCUT2D eigenvalue weighted by Crippen LogP contribution is -2.49. The summed E-state index contributed by atoms with van der Waals surface area (Å²) in [5.41, 5.74) is -0.358. The van der Waals surface area contributed by atoms with Gasteiger partial charge in [-0.15, -0.1) is 12.4 Å². The number of alkyl halides is 3. The first-order valence-corrected chi connectivity index (χ1v) is 7.68. The molecule has 1 saturated carbocycles. The summed E-state index contributed by atoms with van der Waals surface area (Å²) in [5.74, 6) is -0.0154. The fourth-order valence-electron chi connectivity index (χ4n) is 3.75. The average molecular weight is 347 g/mol. The molecule has 2 fully saturated rings. The lowest BCUT2D eigenvalue weighted by atomic mass is 9.82. The van der Waals surface area contributed by atoms with E-state index in [0.717, 1.165) is 18.9 Å². The zero-order valence-corrected chi connectivity index (χ0v) is 13.2. The third kappa shape index (κ3) is 2.72. The standard InChI is InChI=1S/C16H17F3N2O.ClH/c17-16(18,19)12-3-1-2-10-11-6-20-7-13(11)21(8-9-4-5-9)15(22)14(10)12;/h1-3,9,11,13,20H,4-8H2;1H/t11-,13-;/m0./s1. The molecule has 2 heterocycles. The largest absolute Gasteiger partial charge is 0.417 e. The molecule has 1 amide bonds. The van der Waals surface area contributed by atoms with Crippen molar-refractivity contribution in [3.63, 3.8) is 0 Å². The van der Waals surface area contributed by atoms with Crippen LogP contribution in [0.5, 0.6) is 0 Å². The zero-order chi connectivity index (χ0) is 15.5. The maximum atomic E-state index is 13.3. The Morgan fingerprint density at radius 3 is 2.61 bits per heavy atom. The second-order valence-electron chi connectivity index (χ2n) is 6.50. The molecule has 0 aromatic heterocycles. The van der Waals surface area contributed by atoms with Gasteiger partial charge in [0.25, 0.3) is 5.91 Å². The van der Waals surface area contributed by atoms with Crippen molar-refractivity contribution in [1.29, 1.82) is 0 Å². The lowest BCUT2D eigenvalue weighted by molar-refractivity contribution is -0.138. The van der Waals surface area contributed by atoms with Crippen molar-refractivity contribution in [1.82, 2.24) is 10.2 Å². The molecule has 126 valence electrons. The summed E-state index contributed by atoms with van der Waals surface area (Å²) in [6, 6.07) is 4.11. The molecule has 1 aromatic carbocycles. The predicted molar refractivity (Wildman–Crippen MR) is 81.9 cm³/mol. The molecule has 1 aliphatic carbocycles. The van der Waals surface area contributed by atoms with Crippen LogP contribution in [0.25, 0.3) is 0 Å². The van der Waals surface area contributed by atoms with Gasteiger partial charge in [-0.1, -0.05) is 12.1 Å². The van der Waals surface area contributed by atoms with Crippen LogP contribution in [-0.2, 0) is 6.18 Å². The fourth-order valence-corrected chi connectivity index (χ4v) is 3.75. The van der Waals surface area contributed by atoms with E-state index < -0.39 is 17.6 Å². The highest BCUT2D eigenvalue weighted by Gasteiger charge is 2.47. The summed E-state index contributed by atoms with van der Waals surface area (Å²) < 4.78 is 39.9. The Morgan fingerprint density at radius 1 is 1.22 bits per heavy atom. The van der Waals surface area contributed by atoms with Crippen LogP contribution >= 0.6 is 12.4 Å². The van der Waals surface area contributed by atoms with Crippen molar-refractivity contribution >= 4 is 18.3 Å². The van der Waals surface area contributed by atoms with Crippen LogP contribution in [0.1, 0.15) is 40.2 Å². The minimum atomic E-state index is -4.49. The number of carbonyl (C=O) groups is 1. The summed E-state index contributed by atoms with van der Waals surface area (Å²) >= 11 is 0. The van der Waals surface area contributed by atoms with E-state index in [1.807, 2.05) is 0 Å². The van der Waals surface area contributed by atoms with Crippen LogP contribution in [0.4, 0.5) is 13.2 Å². The zero-order valence-electron chi connectivity index (χ0n) is 12.4. The van der Waals surface area contributed by atoms with E-state index in [-0.39, 0.29) is 29.9 Å². The Labute approximate surface area is 138 Å². The first-order chi connectivity index (χ1) is 10.5. The van der Waals surface area contributed by atoms with E-state index in [4.69, 9.17) is 0 Å². The van der Waals surface area contributed by atoms with Crippen molar-refractivity contribution in [2.45, 2.75) is 31.0 Å². The van der Waals surface area contributed by atoms with Gasteiger partial charge in [-0.2, -0.15) is 13.2 Å². The number of halogens is 4. The van der Waals surface area contributed by atoms with Crippen molar-refractivity contribution in [2.24, 2.45) is 5.92 Å². The number of nitrogens with zero attached hydrogens (tertiary/aromatic N) is 1. The van der Waals surface area contributed by atoms with E-state index in [9.17, 15) is 18.0 Å². The fraction of sp³-hybridized carbons (Fsp3) is 0.562. The third-order valence-electron chi connectivity index (χ3n) is 5.01. The van der Waals surface area contributed by atoms with Crippen LogP contribution in [0.15, 0.2) is 18.2 Å². The van der Waals surface area contributed by atoms with Crippen LogP contribution in [0, 0.1) is 5.92 Å². The SMILES string of the molecule is Cl.O=C1c2c(cccc2C(F)(F)F)[C@@H]2CNC[C@@H]2N1CC1CC1. The molecule has 23 heavy (non-hydrogen) atoms. The molecule has 2 aliphatic heterocycles. The Kier molecular flexibility index (Phi) is 4.09. The van der Waals surface area contributed by atoms with Crippen LogP contribution in [-0.4, -0.2) is 36.5 Å². The van der Waals surface area contributed by atoms with Crippen LogP contribution < -0.4 is 5.32 Å². The molecule has 3 aliphatic rings. The second-order valence-corrected chi connectivity index (χ2v) is 6.50. The third-order valence-corrected chi connectivity index (χ3v) is 5.01. The number of hydrogen-bond donors (Lipinski definition) is 1. The van der Waals surface area contributed by atoms with Gasteiger partial charge in [0.05, 0.1) is 17.2 Å². The Bertz CT molecular complexity index is 630. The molecule has 0 radical (unpaired) electrons. The van der Waals surface area contributed by atoms with Crippen LogP contribution in [0.3, 0.4) is 0 Å². The van der Waals surface area contributed by atoms with Gasteiger partial charge < -0.3 is 10.2 Å². The van der Waals surface area contributed by atoms with Gasteiger partial charge in [-0.05, 0) is 30.4 Å².